The Kier molecular flexibility index (Phi) is 4.30. The van der Waals surface area contributed by atoms with E-state index in [1.54, 1.807) is 7.11 Å². The lowest BCUT2D eigenvalue weighted by Crippen LogP contribution is -2.62. The quantitative estimate of drug-likeness (QED) is 0.898. The smallest absolute Gasteiger partial charge is 0.225 e. The van der Waals surface area contributed by atoms with E-state index in [1.165, 1.54) is 36.8 Å². The minimum atomic E-state index is -0.615. The highest BCUT2D eigenvalue weighted by Gasteiger charge is 2.51. The number of hydrogen-bond donors (Lipinski definition) is 1. The maximum atomic E-state index is 12.5. The Bertz CT molecular complexity index is 687. The Morgan fingerprint density at radius 1 is 1.19 bits per heavy atom. The summed E-state index contributed by atoms with van der Waals surface area (Å²) in [5, 5.41) is 9.86. The van der Waals surface area contributed by atoms with Crippen LogP contribution in [-0.4, -0.2) is 41.7 Å². The summed E-state index contributed by atoms with van der Waals surface area (Å²) in [5.41, 5.74) is 2.40. The van der Waals surface area contributed by atoms with Gasteiger partial charge in [0.25, 0.3) is 0 Å². The molecule has 0 bridgehead atoms. The molecule has 2 aliphatic carbocycles. The third-order valence-electron chi connectivity index (χ3n) is 6.91. The molecule has 1 spiro atoms. The van der Waals surface area contributed by atoms with E-state index in [1.807, 2.05) is 11.8 Å². The molecular formula is C22H31NO3. The molecule has 0 aromatic heterocycles. The van der Waals surface area contributed by atoms with E-state index in [2.05, 4.69) is 25.1 Å². The van der Waals surface area contributed by atoms with Crippen LogP contribution in [0.1, 0.15) is 62.5 Å². The molecule has 2 saturated carbocycles. The molecule has 4 rings (SSSR count). The second kappa shape index (κ2) is 6.26. The summed E-state index contributed by atoms with van der Waals surface area (Å²) in [6.07, 6.45) is 6.08. The Balaban J connectivity index is 1.31. The van der Waals surface area contributed by atoms with Crippen molar-refractivity contribution in [2.75, 3.05) is 20.2 Å². The number of aliphatic hydroxyl groups is 1. The molecule has 1 saturated heterocycles. The topological polar surface area (TPSA) is 49.8 Å². The van der Waals surface area contributed by atoms with Crippen molar-refractivity contribution in [3.8, 4) is 5.75 Å². The number of methoxy groups -OCH3 is 1. The van der Waals surface area contributed by atoms with Crippen LogP contribution >= 0.6 is 0 Å². The molecule has 26 heavy (non-hydrogen) atoms. The number of rotatable bonds is 3. The maximum absolute atomic E-state index is 12.5. The predicted octanol–water partition coefficient (Wildman–Crippen LogP) is 3.65. The van der Waals surface area contributed by atoms with E-state index in [-0.39, 0.29) is 11.8 Å². The lowest BCUT2D eigenvalue weighted by atomic mass is 9.63. The van der Waals surface area contributed by atoms with Gasteiger partial charge in [-0.2, -0.15) is 0 Å². The van der Waals surface area contributed by atoms with Gasteiger partial charge >= 0.3 is 0 Å². The van der Waals surface area contributed by atoms with Crippen molar-refractivity contribution in [3.63, 3.8) is 0 Å². The molecule has 1 aliphatic heterocycles. The summed E-state index contributed by atoms with van der Waals surface area (Å²) in [7, 11) is 1.73. The first-order chi connectivity index (χ1) is 12.3. The number of amides is 1. The van der Waals surface area contributed by atoms with Gasteiger partial charge in [-0.3, -0.25) is 4.79 Å². The highest BCUT2D eigenvalue weighted by molar-refractivity contribution is 5.81. The summed E-state index contributed by atoms with van der Waals surface area (Å²) < 4.78 is 5.43. The number of benzene rings is 1. The van der Waals surface area contributed by atoms with Gasteiger partial charge in [-0.1, -0.05) is 6.07 Å². The van der Waals surface area contributed by atoms with Gasteiger partial charge in [0.1, 0.15) is 5.75 Å². The number of aryl methyl sites for hydroxylation is 1. The molecule has 1 amide bonds. The normalized spacial score (nSPS) is 30.6. The lowest BCUT2D eigenvalue weighted by molar-refractivity contribution is -0.163. The number of likely N-dealkylation sites (tertiary alicyclic amines) is 1. The van der Waals surface area contributed by atoms with E-state index in [0.717, 1.165) is 18.8 Å². The number of carbonyl (C=O) groups excluding carboxylic acids is 1. The fourth-order valence-corrected chi connectivity index (χ4v) is 5.36. The van der Waals surface area contributed by atoms with Gasteiger partial charge in [-0.15, -0.1) is 0 Å². The number of nitrogens with zero attached hydrogens (tertiary/aromatic N) is 1. The average Bonchev–Trinajstić information content (AvgIpc) is 2.56. The molecule has 3 aliphatic rings. The number of hydrogen-bond acceptors (Lipinski definition) is 3. The third kappa shape index (κ3) is 3.24. The molecular weight excluding hydrogens is 326 g/mol. The van der Waals surface area contributed by atoms with Crippen LogP contribution in [0.5, 0.6) is 5.75 Å². The van der Waals surface area contributed by atoms with Gasteiger partial charge in [0.2, 0.25) is 5.91 Å². The first kappa shape index (κ1) is 17.8. The van der Waals surface area contributed by atoms with Crippen molar-refractivity contribution in [1.29, 1.82) is 0 Å². The fourth-order valence-electron chi connectivity index (χ4n) is 5.36. The van der Waals surface area contributed by atoms with Gasteiger partial charge < -0.3 is 14.7 Å². The van der Waals surface area contributed by atoms with Crippen LogP contribution in [0.3, 0.4) is 0 Å². The third-order valence-corrected chi connectivity index (χ3v) is 6.91. The van der Waals surface area contributed by atoms with Crippen molar-refractivity contribution >= 4 is 5.91 Å². The molecule has 4 nitrogen and oxygen atoms in total. The Labute approximate surface area is 156 Å². The Morgan fingerprint density at radius 3 is 2.42 bits per heavy atom. The summed E-state index contributed by atoms with van der Waals surface area (Å²) in [6, 6.07) is 6.57. The molecule has 1 N–H and O–H groups in total. The number of carbonyl (C=O) groups is 1. The molecule has 1 heterocycles. The standard InChI is InChI=1S/C22H31NO3/c1-15-8-17(10-19(9-15)26-3)16-4-6-22(7-5-16)13-23(14-22)20(24)18-11-21(2,25)12-18/h8-10,16,18,25H,4-7,11-14H2,1-3H3. The van der Waals surface area contributed by atoms with Gasteiger partial charge in [0, 0.05) is 24.4 Å². The predicted molar refractivity (Wildman–Crippen MR) is 101 cm³/mol. The molecule has 1 aromatic carbocycles. The molecule has 0 unspecified atom stereocenters. The van der Waals surface area contributed by atoms with Gasteiger partial charge in [0.15, 0.2) is 0 Å². The monoisotopic (exact) mass is 357 g/mol. The second-order valence-corrected chi connectivity index (χ2v) is 9.35. The van der Waals surface area contributed by atoms with E-state index in [9.17, 15) is 9.90 Å². The molecule has 4 heteroatoms. The van der Waals surface area contributed by atoms with Crippen LogP contribution in [0.15, 0.2) is 18.2 Å². The van der Waals surface area contributed by atoms with Gasteiger partial charge in [0.05, 0.1) is 12.7 Å². The van der Waals surface area contributed by atoms with Crippen molar-refractivity contribution in [2.24, 2.45) is 11.3 Å². The maximum Gasteiger partial charge on any atom is 0.225 e. The van der Waals surface area contributed by atoms with Crippen molar-refractivity contribution in [1.82, 2.24) is 4.90 Å². The molecule has 0 atom stereocenters. The lowest BCUT2D eigenvalue weighted by Gasteiger charge is -2.55. The van der Waals surface area contributed by atoms with E-state index < -0.39 is 5.60 Å². The van der Waals surface area contributed by atoms with Crippen LogP contribution in [-0.2, 0) is 4.79 Å². The average molecular weight is 357 g/mol. The van der Waals surface area contributed by atoms with Gasteiger partial charge in [-0.25, -0.2) is 0 Å². The van der Waals surface area contributed by atoms with Gasteiger partial charge in [-0.05, 0) is 81.5 Å². The number of ether oxygens (including phenoxy) is 1. The first-order valence-corrected chi connectivity index (χ1v) is 9.96. The van der Waals surface area contributed by atoms with Crippen molar-refractivity contribution < 1.29 is 14.6 Å². The van der Waals surface area contributed by atoms with E-state index in [4.69, 9.17) is 4.74 Å². The highest BCUT2D eigenvalue weighted by atomic mass is 16.5. The zero-order valence-corrected chi connectivity index (χ0v) is 16.3. The Morgan fingerprint density at radius 2 is 1.85 bits per heavy atom. The minimum Gasteiger partial charge on any atom is -0.497 e. The first-order valence-electron chi connectivity index (χ1n) is 9.96. The zero-order chi connectivity index (χ0) is 18.5. The van der Waals surface area contributed by atoms with E-state index >= 15 is 0 Å². The summed E-state index contributed by atoms with van der Waals surface area (Å²) in [6.45, 7) is 5.81. The highest BCUT2D eigenvalue weighted by Crippen LogP contribution is 2.50. The van der Waals surface area contributed by atoms with Crippen LogP contribution in [0, 0.1) is 18.3 Å². The van der Waals surface area contributed by atoms with E-state index in [0.29, 0.717) is 24.2 Å². The largest absolute Gasteiger partial charge is 0.497 e. The Hall–Kier alpha value is -1.55. The van der Waals surface area contributed by atoms with Crippen molar-refractivity contribution in [2.45, 2.75) is 63.9 Å². The molecule has 1 aromatic rings. The van der Waals surface area contributed by atoms with Crippen molar-refractivity contribution in [3.05, 3.63) is 29.3 Å². The summed E-state index contributed by atoms with van der Waals surface area (Å²) >= 11 is 0. The van der Waals surface area contributed by atoms with Crippen LogP contribution in [0.25, 0.3) is 0 Å². The summed E-state index contributed by atoms with van der Waals surface area (Å²) in [4.78, 5) is 14.6. The molecule has 0 radical (unpaired) electrons. The molecule has 142 valence electrons. The zero-order valence-electron chi connectivity index (χ0n) is 16.3. The summed E-state index contributed by atoms with van der Waals surface area (Å²) in [5.74, 6) is 1.89. The minimum absolute atomic E-state index is 0.0541. The van der Waals surface area contributed by atoms with Crippen LogP contribution in [0.4, 0.5) is 0 Å². The van der Waals surface area contributed by atoms with Crippen LogP contribution < -0.4 is 4.74 Å². The fraction of sp³-hybridized carbons (Fsp3) is 0.682. The SMILES string of the molecule is COc1cc(C)cc(C2CCC3(CC2)CN(C(=O)C2CC(C)(O)C2)C3)c1. The van der Waals surface area contributed by atoms with Crippen LogP contribution in [0.2, 0.25) is 0 Å². The molecule has 3 fully saturated rings. The second-order valence-electron chi connectivity index (χ2n) is 9.35.